The molecule has 0 radical (unpaired) electrons. The number of likely N-dealkylation sites (N-methyl/N-ethyl adjacent to an activating group) is 1. The number of hydrogen-bond acceptors (Lipinski definition) is 5. The van der Waals surface area contributed by atoms with Gasteiger partial charge in [-0.15, -0.1) is 0 Å². The van der Waals surface area contributed by atoms with Gasteiger partial charge in [0.05, 0.1) is 11.6 Å². The van der Waals surface area contributed by atoms with E-state index >= 15 is 0 Å². The van der Waals surface area contributed by atoms with Crippen LogP contribution in [0.15, 0.2) is 36.5 Å². The minimum atomic E-state index is -0.972. The van der Waals surface area contributed by atoms with Crippen molar-refractivity contribution in [3.63, 3.8) is 0 Å². The van der Waals surface area contributed by atoms with Crippen LogP contribution in [-0.2, 0) is 0 Å². The fraction of sp³-hybridized carbons (Fsp3) is 0.458. The molecule has 31 heavy (non-hydrogen) atoms. The number of carboxylic acids is 1. The van der Waals surface area contributed by atoms with Gasteiger partial charge >= 0.3 is 5.97 Å². The van der Waals surface area contributed by atoms with Gasteiger partial charge in [0.2, 0.25) is 0 Å². The molecule has 1 aliphatic carbocycles. The van der Waals surface area contributed by atoms with Crippen molar-refractivity contribution in [2.75, 3.05) is 38.1 Å². The predicted molar refractivity (Wildman–Crippen MR) is 122 cm³/mol. The van der Waals surface area contributed by atoms with Gasteiger partial charge in [-0.1, -0.05) is 25.3 Å². The molecule has 1 aromatic carbocycles. The Hall–Kier alpha value is -2.93. The Balaban J connectivity index is 1.46. The Kier molecular flexibility index (Phi) is 5.36. The number of hydrogen-bond donors (Lipinski definition) is 1. The van der Waals surface area contributed by atoms with Crippen LogP contribution in [0.3, 0.4) is 0 Å². The summed E-state index contributed by atoms with van der Waals surface area (Å²) in [6.07, 6.45) is 7.63. The molecule has 0 atom stereocenters. The standard InChI is InChI=1S/C24H29N5O2/c1-27-11-13-28(14-12-27)22-10-8-18(16-25-22)17-7-9-21-20(15-17)23(24(30)31)26-29(21)19-5-3-2-4-6-19/h7-10,15-16,19H,2-6,11-14H2,1H3,(H,30,31). The highest BCUT2D eigenvalue weighted by molar-refractivity contribution is 6.02. The maximum absolute atomic E-state index is 11.9. The Morgan fingerprint density at radius 1 is 1.00 bits per heavy atom. The van der Waals surface area contributed by atoms with Crippen LogP contribution in [0.5, 0.6) is 0 Å². The summed E-state index contributed by atoms with van der Waals surface area (Å²) >= 11 is 0. The lowest BCUT2D eigenvalue weighted by atomic mass is 9.95. The summed E-state index contributed by atoms with van der Waals surface area (Å²) < 4.78 is 1.95. The molecule has 7 heteroatoms. The maximum Gasteiger partial charge on any atom is 0.357 e. The van der Waals surface area contributed by atoms with Crippen LogP contribution in [0.2, 0.25) is 0 Å². The smallest absolute Gasteiger partial charge is 0.357 e. The zero-order valence-corrected chi connectivity index (χ0v) is 18.0. The van der Waals surface area contributed by atoms with Gasteiger partial charge in [-0.2, -0.15) is 5.10 Å². The highest BCUT2D eigenvalue weighted by Gasteiger charge is 2.23. The molecule has 0 spiro atoms. The average molecular weight is 420 g/mol. The highest BCUT2D eigenvalue weighted by atomic mass is 16.4. The number of benzene rings is 1. The quantitative estimate of drug-likeness (QED) is 0.688. The van der Waals surface area contributed by atoms with Crippen molar-refractivity contribution in [3.05, 3.63) is 42.2 Å². The monoisotopic (exact) mass is 419 g/mol. The van der Waals surface area contributed by atoms with Crippen molar-refractivity contribution in [2.24, 2.45) is 0 Å². The fourth-order valence-corrected chi connectivity index (χ4v) is 4.86. The molecular formula is C24H29N5O2. The number of aromatic nitrogens is 3. The van der Waals surface area contributed by atoms with E-state index in [4.69, 9.17) is 4.98 Å². The second kappa shape index (κ2) is 8.30. The van der Waals surface area contributed by atoms with Crippen molar-refractivity contribution in [3.8, 4) is 11.1 Å². The highest BCUT2D eigenvalue weighted by Crippen LogP contribution is 2.33. The molecular weight excluding hydrogens is 390 g/mol. The summed E-state index contributed by atoms with van der Waals surface area (Å²) in [5.74, 6) is 0.0227. The summed E-state index contributed by atoms with van der Waals surface area (Å²) in [6.45, 7) is 4.06. The Bertz CT molecular complexity index is 1080. The van der Waals surface area contributed by atoms with Crippen LogP contribution in [-0.4, -0.2) is 64.0 Å². The third-order valence-electron chi connectivity index (χ3n) is 6.74. The van der Waals surface area contributed by atoms with Crippen molar-refractivity contribution in [1.29, 1.82) is 0 Å². The number of nitrogens with zero attached hydrogens (tertiary/aromatic N) is 5. The first-order valence-corrected chi connectivity index (χ1v) is 11.3. The SMILES string of the molecule is CN1CCN(c2ccc(-c3ccc4c(c3)c(C(=O)O)nn4C3CCCCC3)cn2)CC1. The van der Waals surface area contributed by atoms with Crippen LogP contribution < -0.4 is 4.90 Å². The molecule has 1 N–H and O–H groups in total. The van der Waals surface area contributed by atoms with E-state index in [2.05, 4.69) is 40.1 Å². The van der Waals surface area contributed by atoms with E-state index in [1.54, 1.807) is 0 Å². The normalized spacial score (nSPS) is 18.5. The van der Waals surface area contributed by atoms with E-state index in [1.165, 1.54) is 19.3 Å². The molecule has 2 fully saturated rings. The lowest BCUT2D eigenvalue weighted by Crippen LogP contribution is -2.44. The minimum Gasteiger partial charge on any atom is -0.476 e. The van der Waals surface area contributed by atoms with E-state index in [0.717, 1.165) is 61.5 Å². The van der Waals surface area contributed by atoms with Gasteiger partial charge < -0.3 is 14.9 Å². The Morgan fingerprint density at radius 3 is 2.42 bits per heavy atom. The van der Waals surface area contributed by atoms with Crippen LogP contribution in [0.1, 0.15) is 48.6 Å². The summed E-state index contributed by atoms with van der Waals surface area (Å²) in [6, 6.07) is 10.5. The van der Waals surface area contributed by atoms with Crippen LogP contribution in [0.4, 0.5) is 5.82 Å². The van der Waals surface area contributed by atoms with Crippen molar-refractivity contribution >= 4 is 22.7 Å². The fourth-order valence-electron chi connectivity index (χ4n) is 4.86. The largest absolute Gasteiger partial charge is 0.476 e. The number of fused-ring (bicyclic) bond motifs is 1. The number of carbonyl (C=O) groups is 1. The average Bonchev–Trinajstić information content (AvgIpc) is 3.20. The first kappa shape index (κ1) is 20.0. The Labute approximate surface area is 182 Å². The number of piperazine rings is 1. The molecule has 2 aliphatic rings. The number of pyridine rings is 1. The number of aromatic carboxylic acids is 1. The van der Waals surface area contributed by atoms with Gasteiger partial charge in [-0.25, -0.2) is 9.78 Å². The molecule has 3 aromatic rings. The van der Waals surface area contributed by atoms with Gasteiger partial charge in [0, 0.05) is 43.3 Å². The topological polar surface area (TPSA) is 74.5 Å². The molecule has 1 aliphatic heterocycles. The van der Waals surface area contributed by atoms with E-state index in [1.807, 2.05) is 23.0 Å². The second-order valence-corrected chi connectivity index (χ2v) is 8.82. The van der Waals surface area contributed by atoms with Crippen molar-refractivity contribution < 1.29 is 9.90 Å². The van der Waals surface area contributed by atoms with Gasteiger partial charge in [0.25, 0.3) is 0 Å². The zero-order chi connectivity index (χ0) is 21.4. The van der Waals surface area contributed by atoms with Gasteiger partial charge in [-0.3, -0.25) is 4.68 Å². The third kappa shape index (κ3) is 3.90. The van der Waals surface area contributed by atoms with E-state index in [0.29, 0.717) is 11.4 Å². The summed E-state index contributed by atoms with van der Waals surface area (Å²) in [5.41, 5.74) is 3.01. The Morgan fingerprint density at radius 2 is 1.74 bits per heavy atom. The molecule has 1 saturated carbocycles. The van der Waals surface area contributed by atoms with Crippen LogP contribution >= 0.6 is 0 Å². The number of rotatable bonds is 4. The molecule has 7 nitrogen and oxygen atoms in total. The molecule has 2 aromatic heterocycles. The number of carboxylic acid groups (broad SMARTS) is 1. The summed E-state index contributed by atoms with van der Waals surface area (Å²) in [4.78, 5) is 21.2. The molecule has 5 rings (SSSR count). The van der Waals surface area contributed by atoms with Crippen LogP contribution in [0, 0.1) is 0 Å². The van der Waals surface area contributed by atoms with Gasteiger partial charge in [0.1, 0.15) is 5.82 Å². The minimum absolute atomic E-state index is 0.143. The summed E-state index contributed by atoms with van der Waals surface area (Å²) in [5, 5.41) is 15.0. The molecule has 0 bridgehead atoms. The van der Waals surface area contributed by atoms with E-state index in [-0.39, 0.29) is 5.69 Å². The van der Waals surface area contributed by atoms with Gasteiger partial charge in [-0.05, 0) is 49.7 Å². The molecule has 0 amide bonds. The lowest BCUT2D eigenvalue weighted by molar-refractivity contribution is 0.0691. The molecule has 162 valence electrons. The third-order valence-corrected chi connectivity index (χ3v) is 6.74. The molecule has 0 unspecified atom stereocenters. The molecule has 1 saturated heterocycles. The van der Waals surface area contributed by atoms with Crippen molar-refractivity contribution in [1.82, 2.24) is 19.7 Å². The maximum atomic E-state index is 11.9. The summed E-state index contributed by atoms with van der Waals surface area (Å²) in [7, 11) is 2.14. The zero-order valence-electron chi connectivity index (χ0n) is 18.0. The van der Waals surface area contributed by atoms with E-state index < -0.39 is 5.97 Å². The first-order valence-electron chi connectivity index (χ1n) is 11.3. The first-order chi connectivity index (χ1) is 15.1. The van der Waals surface area contributed by atoms with Crippen molar-refractivity contribution in [2.45, 2.75) is 38.1 Å². The second-order valence-electron chi connectivity index (χ2n) is 8.82. The molecule has 3 heterocycles. The number of anilines is 1. The predicted octanol–water partition coefficient (Wildman–Crippen LogP) is 4.05. The van der Waals surface area contributed by atoms with Gasteiger partial charge in [0.15, 0.2) is 5.69 Å². The van der Waals surface area contributed by atoms with Crippen LogP contribution in [0.25, 0.3) is 22.0 Å². The van der Waals surface area contributed by atoms with E-state index in [9.17, 15) is 9.90 Å². The lowest BCUT2D eigenvalue weighted by Gasteiger charge is -2.33.